The fourth-order valence-electron chi connectivity index (χ4n) is 2.40. The van der Waals surface area contributed by atoms with Crippen LogP contribution in [0.25, 0.3) is 22.2 Å². The van der Waals surface area contributed by atoms with Crippen LogP contribution in [0.1, 0.15) is 0 Å². The summed E-state index contributed by atoms with van der Waals surface area (Å²) >= 11 is 0. The van der Waals surface area contributed by atoms with E-state index in [1.165, 1.54) is 7.11 Å². The van der Waals surface area contributed by atoms with Gasteiger partial charge in [0, 0.05) is 28.2 Å². The van der Waals surface area contributed by atoms with Crippen LogP contribution in [0, 0.1) is 17.9 Å². The highest BCUT2D eigenvalue weighted by molar-refractivity contribution is 7.93. The summed E-state index contributed by atoms with van der Waals surface area (Å²) in [6.07, 6.45) is 3.01. The molecule has 3 aromatic rings. The molecule has 2 N–H and O–H groups in total. The van der Waals surface area contributed by atoms with Gasteiger partial charge in [0.05, 0.1) is 19.1 Å². The molecule has 0 atom stereocenters. The molecule has 0 aliphatic heterocycles. The third-order valence-electron chi connectivity index (χ3n) is 3.44. The van der Waals surface area contributed by atoms with Gasteiger partial charge >= 0.3 is 0 Å². The number of fused-ring (bicyclic) bond motifs is 1. The highest BCUT2D eigenvalue weighted by atomic mass is 32.2. The first kappa shape index (κ1) is 16.3. The maximum absolute atomic E-state index is 13.3. The summed E-state index contributed by atoms with van der Waals surface area (Å²) < 4.78 is 56.7. The molecular formula is C16H13F2N2O3S. The van der Waals surface area contributed by atoms with Gasteiger partial charge < -0.3 is 9.72 Å². The molecule has 5 nitrogen and oxygen atoms in total. The van der Waals surface area contributed by atoms with Crippen LogP contribution in [0.15, 0.2) is 36.4 Å². The zero-order valence-corrected chi connectivity index (χ0v) is 13.4. The van der Waals surface area contributed by atoms with Crippen molar-refractivity contribution in [3.8, 4) is 17.0 Å². The SMILES string of the molecule is [CH2]S(=O)(=O)Nc1cc(-c2cc3cc(F)c(F)cc3[nH]2)ccc1OC. The molecule has 24 heavy (non-hydrogen) atoms. The zero-order valence-electron chi connectivity index (χ0n) is 12.6. The molecule has 0 saturated heterocycles. The molecule has 0 unspecified atom stereocenters. The van der Waals surface area contributed by atoms with E-state index in [0.717, 1.165) is 12.1 Å². The van der Waals surface area contributed by atoms with Gasteiger partial charge in [-0.25, -0.2) is 17.2 Å². The molecule has 0 amide bonds. The molecule has 0 aliphatic carbocycles. The van der Waals surface area contributed by atoms with Crippen LogP contribution in [0.3, 0.4) is 0 Å². The lowest BCUT2D eigenvalue weighted by atomic mass is 10.1. The molecular weight excluding hydrogens is 338 g/mol. The van der Waals surface area contributed by atoms with Gasteiger partial charge in [-0.1, -0.05) is 0 Å². The Kier molecular flexibility index (Phi) is 3.92. The minimum atomic E-state index is -3.73. The van der Waals surface area contributed by atoms with Crippen molar-refractivity contribution in [3.63, 3.8) is 0 Å². The van der Waals surface area contributed by atoms with Crippen molar-refractivity contribution in [2.75, 3.05) is 11.8 Å². The molecule has 0 fully saturated rings. The fraction of sp³-hybridized carbons (Fsp3) is 0.0625. The second-order valence-corrected chi connectivity index (χ2v) is 6.60. The summed E-state index contributed by atoms with van der Waals surface area (Å²) in [5, 5.41) is 0.499. The van der Waals surface area contributed by atoms with Gasteiger partial charge in [0.25, 0.3) is 0 Å². The van der Waals surface area contributed by atoms with Gasteiger partial charge in [0.1, 0.15) is 5.75 Å². The predicted octanol–water partition coefficient (Wildman–Crippen LogP) is 3.65. The van der Waals surface area contributed by atoms with Crippen LogP contribution in [0.2, 0.25) is 0 Å². The minimum absolute atomic E-state index is 0.209. The number of H-pyrrole nitrogens is 1. The number of halogens is 2. The van der Waals surface area contributed by atoms with Crippen LogP contribution in [0.4, 0.5) is 14.5 Å². The number of hydrogen-bond donors (Lipinski definition) is 2. The Hall–Kier alpha value is -2.61. The standard InChI is InChI=1S/C16H13F2N2O3S/c1-23-16-4-3-9(6-15(16)20-24(2,21)22)13-7-10-5-11(17)12(18)8-14(10)19-13/h3-8,19-20H,2H2,1H3. The van der Waals surface area contributed by atoms with Crippen LogP contribution >= 0.6 is 0 Å². The number of ether oxygens (including phenoxy) is 1. The molecule has 1 aromatic heterocycles. The average molecular weight is 351 g/mol. The Morgan fingerprint density at radius 3 is 2.50 bits per heavy atom. The lowest BCUT2D eigenvalue weighted by Gasteiger charge is -2.11. The molecule has 3 rings (SSSR count). The largest absolute Gasteiger partial charge is 0.495 e. The quantitative estimate of drug-likeness (QED) is 0.754. The first-order valence-electron chi connectivity index (χ1n) is 6.79. The van der Waals surface area contributed by atoms with E-state index in [1.807, 2.05) is 0 Å². The van der Waals surface area contributed by atoms with Gasteiger partial charge in [-0.15, -0.1) is 0 Å². The molecule has 0 saturated carbocycles. The second kappa shape index (κ2) is 5.79. The summed E-state index contributed by atoms with van der Waals surface area (Å²) in [6.45, 7) is 0. The normalized spacial score (nSPS) is 11.7. The Morgan fingerprint density at radius 1 is 1.12 bits per heavy atom. The first-order valence-corrected chi connectivity index (χ1v) is 8.44. The average Bonchev–Trinajstić information content (AvgIpc) is 2.89. The van der Waals surface area contributed by atoms with Crippen LogP contribution < -0.4 is 9.46 Å². The summed E-state index contributed by atoms with van der Waals surface area (Å²) in [5.74, 6) is -1.57. The maximum atomic E-state index is 13.3. The van der Waals surface area contributed by atoms with E-state index in [9.17, 15) is 17.2 Å². The zero-order chi connectivity index (χ0) is 17.5. The summed E-state index contributed by atoms with van der Waals surface area (Å²) in [7, 11) is -2.33. The Labute approximate surface area is 137 Å². The van der Waals surface area contributed by atoms with Crippen molar-refractivity contribution >= 4 is 26.6 Å². The lowest BCUT2D eigenvalue weighted by molar-refractivity contribution is 0.417. The van der Waals surface area contributed by atoms with Gasteiger partial charge in [-0.05, 0) is 30.3 Å². The summed E-state index contributed by atoms with van der Waals surface area (Å²) in [6, 6.07) is 8.61. The fourth-order valence-corrected chi connectivity index (χ4v) is 2.90. The predicted molar refractivity (Wildman–Crippen MR) is 88.1 cm³/mol. The van der Waals surface area contributed by atoms with E-state index in [2.05, 4.69) is 16.0 Å². The molecule has 1 radical (unpaired) electrons. The number of sulfonamides is 1. The third kappa shape index (κ3) is 3.18. The molecule has 8 heteroatoms. The van der Waals surface area contributed by atoms with E-state index in [-0.39, 0.29) is 5.69 Å². The highest BCUT2D eigenvalue weighted by Crippen LogP contribution is 2.32. The molecule has 2 aromatic carbocycles. The summed E-state index contributed by atoms with van der Waals surface area (Å²) in [5.41, 5.74) is 1.82. The third-order valence-corrected chi connectivity index (χ3v) is 3.97. The highest BCUT2D eigenvalue weighted by Gasteiger charge is 2.13. The number of nitrogens with one attached hydrogen (secondary N) is 2. The van der Waals surface area contributed by atoms with E-state index in [1.54, 1.807) is 24.3 Å². The van der Waals surface area contributed by atoms with Crippen LogP contribution in [-0.4, -0.2) is 20.5 Å². The molecule has 1 heterocycles. The van der Waals surface area contributed by atoms with Gasteiger partial charge in [-0.2, -0.15) is 0 Å². The van der Waals surface area contributed by atoms with E-state index < -0.39 is 21.7 Å². The van der Waals surface area contributed by atoms with Crippen molar-refractivity contribution in [1.82, 2.24) is 4.98 Å². The van der Waals surface area contributed by atoms with Gasteiger partial charge in [0.2, 0.25) is 10.0 Å². The van der Waals surface area contributed by atoms with Crippen molar-refractivity contribution in [2.24, 2.45) is 0 Å². The van der Waals surface area contributed by atoms with Crippen molar-refractivity contribution in [3.05, 3.63) is 54.3 Å². The minimum Gasteiger partial charge on any atom is -0.495 e. The lowest BCUT2D eigenvalue weighted by Crippen LogP contribution is -2.08. The van der Waals surface area contributed by atoms with Crippen molar-refractivity contribution in [2.45, 2.75) is 0 Å². The van der Waals surface area contributed by atoms with E-state index >= 15 is 0 Å². The smallest absolute Gasteiger partial charge is 0.233 e. The van der Waals surface area contributed by atoms with Gasteiger partial charge in [0.15, 0.2) is 11.6 Å². The summed E-state index contributed by atoms with van der Waals surface area (Å²) in [4.78, 5) is 2.97. The number of aromatic amines is 1. The van der Waals surface area contributed by atoms with E-state index in [0.29, 0.717) is 27.9 Å². The number of hydrogen-bond acceptors (Lipinski definition) is 3. The molecule has 0 spiro atoms. The van der Waals surface area contributed by atoms with Gasteiger partial charge in [-0.3, -0.25) is 4.72 Å². The van der Waals surface area contributed by atoms with Crippen molar-refractivity contribution < 1.29 is 21.9 Å². The molecule has 0 aliphatic rings. The van der Waals surface area contributed by atoms with Crippen molar-refractivity contribution in [1.29, 1.82) is 0 Å². The maximum Gasteiger partial charge on any atom is 0.233 e. The Bertz CT molecular complexity index is 990. The Morgan fingerprint density at radius 2 is 1.83 bits per heavy atom. The first-order chi connectivity index (χ1) is 11.3. The van der Waals surface area contributed by atoms with Crippen LogP contribution in [0.5, 0.6) is 5.75 Å². The number of rotatable bonds is 4. The number of anilines is 1. The second-order valence-electron chi connectivity index (χ2n) is 5.17. The topological polar surface area (TPSA) is 71.2 Å². The number of aromatic nitrogens is 1. The van der Waals surface area contributed by atoms with E-state index in [4.69, 9.17) is 4.74 Å². The Balaban J connectivity index is 2.10. The number of benzene rings is 2. The molecule has 125 valence electrons. The number of methoxy groups -OCH3 is 1. The molecule has 0 bridgehead atoms. The monoisotopic (exact) mass is 351 g/mol. The van der Waals surface area contributed by atoms with Crippen LogP contribution in [-0.2, 0) is 10.0 Å².